The Balaban J connectivity index is 0.000000347. The first-order valence-electron chi connectivity index (χ1n) is 16.8. The summed E-state index contributed by atoms with van der Waals surface area (Å²) in [5.74, 6) is -0.0787. The van der Waals surface area contributed by atoms with Gasteiger partial charge in [0, 0.05) is 37.7 Å². The Morgan fingerprint density at radius 2 is 1.79 bits per heavy atom. The number of benzene rings is 1. The second kappa shape index (κ2) is 22.2. The van der Waals surface area contributed by atoms with Crippen molar-refractivity contribution in [3.05, 3.63) is 125 Å². The molecular weight excluding hydrogens is 580 g/mol. The molecule has 0 bridgehead atoms. The molecular formula is C40H56N6O. The van der Waals surface area contributed by atoms with Gasteiger partial charge in [0.15, 0.2) is 0 Å². The van der Waals surface area contributed by atoms with Crippen LogP contribution >= 0.6 is 0 Å². The summed E-state index contributed by atoms with van der Waals surface area (Å²) < 4.78 is 0. The van der Waals surface area contributed by atoms with Crippen molar-refractivity contribution < 1.29 is 4.79 Å². The number of aromatic nitrogens is 2. The number of hydrogen-bond donors (Lipinski definition) is 3. The summed E-state index contributed by atoms with van der Waals surface area (Å²) in [7, 11) is 0. The van der Waals surface area contributed by atoms with Crippen LogP contribution in [0.25, 0.3) is 0 Å². The van der Waals surface area contributed by atoms with E-state index in [1.807, 2.05) is 26.1 Å². The molecule has 0 aliphatic heterocycles. The van der Waals surface area contributed by atoms with Gasteiger partial charge < -0.3 is 16.0 Å². The monoisotopic (exact) mass is 636 g/mol. The summed E-state index contributed by atoms with van der Waals surface area (Å²) >= 11 is 0. The quantitative estimate of drug-likeness (QED) is 0.0540. The lowest BCUT2D eigenvalue weighted by molar-refractivity contribution is 0.0952. The van der Waals surface area contributed by atoms with Gasteiger partial charge in [0.25, 0.3) is 5.91 Å². The molecule has 1 aliphatic rings. The number of para-hydroxylation sites is 1. The number of amides is 1. The average Bonchev–Trinajstić information content (AvgIpc) is 3.31. The zero-order chi connectivity index (χ0) is 34.4. The van der Waals surface area contributed by atoms with Crippen molar-refractivity contribution in [1.29, 1.82) is 5.41 Å². The van der Waals surface area contributed by atoms with E-state index in [9.17, 15) is 4.79 Å². The largest absolute Gasteiger partial charge is 0.385 e. The Kier molecular flexibility index (Phi) is 18.3. The molecule has 47 heavy (non-hydrogen) atoms. The van der Waals surface area contributed by atoms with Gasteiger partial charge in [-0.3, -0.25) is 19.7 Å². The molecule has 2 heterocycles. The van der Waals surface area contributed by atoms with E-state index in [0.29, 0.717) is 24.6 Å². The number of fused-ring (bicyclic) bond motifs is 1. The minimum Gasteiger partial charge on any atom is -0.385 e. The van der Waals surface area contributed by atoms with E-state index in [1.165, 1.54) is 61.0 Å². The van der Waals surface area contributed by atoms with Crippen molar-refractivity contribution in [3.8, 4) is 0 Å². The Labute approximate surface area is 283 Å². The lowest BCUT2D eigenvalue weighted by atomic mass is 10.0. The van der Waals surface area contributed by atoms with Crippen LogP contribution in [0.15, 0.2) is 97.4 Å². The number of unbranched alkanes of at least 4 members (excludes halogenated alkanes) is 1. The average molecular weight is 637 g/mol. The summed E-state index contributed by atoms with van der Waals surface area (Å²) in [6.07, 6.45) is 15.7. The molecule has 2 aromatic heterocycles. The summed E-state index contributed by atoms with van der Waals surface area (Å²) in [6.45, 7) is 21.8. The molecule has 7 nitrogen and oxygen atoms in total. The van der Waals surface area contributed by atoms with Crippen molar-refractivity contribution in [1.82, 2.24) is 20.2 Å². The van der Waals surface area contributed by atoms with Crippen molar-refractivity contribution in [3.63, 3.8) is 0 Å². The number of hydrogen-bond acceptors (Lipinski definition) is 6. The van der Waals surface area contributed by atoms with Gasteiger partial charge in [-0.05, 0) is 115 Å². The second-order valence-corrected chi connectivity index (χ2v) is 11.9. The molecule has 1 amide bonds. The topological polar surface area (TPSA) is 94.0 Å². The van der Waals surface area contributed by atoms with Gasteiger partial charge >= 0.3 is 0 Å². The van der Waals surface area contributed by atoms with E-state index < -0.39 is 0 Å². The Morgan fingerprint density at radius 1 is 1.02 bits per heavy atom. The lowest BCUT2D eigenvalue weighted by Gasteiger charge is -2.32. The van der Waals surface area contributed by atoms with Gasteiger partial charge in [0.1, 0.15) is 0 Å². The molecule has 3 aromatic rings. The SMILES string of the molecule is C/C=C(\C)CN(CCCCNc1ccccc1)C1CCCCc2cccnc21.C=CC(=C)CCNC(=O)c1c(C)ccnc1C.C=N. The van der Waals surface area contributed by atoms with E-state index in [4.69, 9.17) is 10.4 Å². The standard InChI is InChI=1S/C25H35N3.C14H18N2O.CH3N/c1-3-21(2)20-28(19-10-9-17-26-23-14-5-4-6-15-23)24-16-8-7-12-22-13-11-18-27-25(22)24;1-5-10(2)6-8-16-14(17)13-11(3)7-9-15-12(13)4;1-2/h3-6,11,13-15,18,24,26H,7-10,12,16-17,19-20H2,1-2H3;5,7,9H,1-2,6,8H2,3-4H3,(H,16,17);2H,1H2/b21-3+;;. The zero-order valence-corrected chi connectivity index (χ0v) is 29.2. The van der Waals surface area contributed by atoms with Crippen LogP contribution in [-0.4, -0.2) is 53.7 Å². The molecule has 0 saturated carbocycles. The fraction of sp³-hybridized carbons (Fsp3) is 0.400. The van der Waals surface area contributed by atoms with Crippen LogP contribution in [0.1, 0.15) is 91.3 Å². The molecule has 1 atom stereocenters. The summed E-state index contributed by atoms with van der Waals surface area (Å²) in [4.78, 5) is 23.6. The molecule has 1 unspecified atom stereocenters. The molecule has 0 radical (unpaired) electrons. The number of rotatable bonds is 14. The molecule has 1 aromatic carbocycles. The van der Waals surface area contributed by atoms with Gasteiger partial charge in [-0.15, -0.1) is 0 Å². The number of nitrogens with one attached hydrogen (secondary N) is 3. The van der Waals surface area contributed by atoms with E-state index in [0.717, 1.165) is 36.5 Å². The van der Waals surface area contributed by atoms with Crippen molar-refractivity contribution in [2.75, 3.05) is 31.5 Å². The number of anilines is 1. The third kappa shape index (κ3) is 13.5. The Hall–Kier alpha value is -4.36. The molecule has 1 aliphatic carbocycles. The smallest absolute Gasteiger partial charge is 0.253 e. The van der Waals surface area contributed by atoms with Gasteiger partial charge in [-0.2, -0.15) is 0 Å². The number of nitrogens with zero attached hydrogens (tertiary/aromatic N) is 3. The number of carbonyl (C=O) groups is 1. The normalized spacial score (nSPS) is 13.9. The minimum absolute atomic E-state index is 0.0787. The Bertz CT molecular complexity index is 1400. The fourth-order valence-corrected chi connectivity index (χ4v) is 5.66. The number of pyridine rings is 2. The number of carbonyl (C=O) groups excluding carboxylic acids is 1. The number of allylic oxidation sites excluding steroid dienone is 2. The van der Waals surface area contributed by atoms with Crippen LogP contribution in [-0.2, 0) is 6.42 Å². The summed E-state index contributed by atoms with van der Waals surface area (Å²) in [5.41, 5.74) is 8.73. The molecule has 0 spiro atoms. The minimum atomic E-state index is -0.0787. The lowest BCUT2D eigenvalue weighted by Crippen LogP contribution is -2.32. The zero-order valence-electron chi connectivity index (χ0n) is 29.2. The Morgan fingerprint density at radius 3 is 2.49 bits per heavy atom. The third-order valence-electron chi connectivity index (χ3n) is 8.37. The van der Waals surface area contributed by atoms with E-state index in [1.54, 1.807) is 12.3 Å². The van der Waals surface area contributed by atoms with Crippen LogP contribution in [0, 0.1) is 19.3 Å². The van der Waals surface area contributed by atoms with Crippen LogP contribution in [0.5, 0.6) is 0 Å². The molecule has 3 N–H and O–H groups in total. The van der Waals surface area contributed by atoms with E-state index in [-0.39, 0.29) is 5.91 Å². The summed E-state index contributed by atoms with van der Waals surface area (Å²) in [5, 5.41) is 11.9. The van der Waals surface area contributed by atoms with Gasteiger partial charge in [-0.25, -0.2) is 0 Å². The highest BCUT2D eigenvalue weighted by atomic mass is 16.1. The molecule has 0 saturated heterocycles. The van der Waals surface area contributed by atoms with Crippen molar-refractivity contribution >= 4 is 18.3 Å². The predicted octanol–water partition coefficient (Wildman–Crippen LogP) is 8.84. The van der Waals surface area contributed by atoms with Crippen LogP contribution in [0.2, 0.25) is 0 Å². The molecule has 4 rings (SSSR count). The highest BCUT2D eigenvalue weighted by Crippen LogP contribution is 2.32. The maximum Gasteiger partial charge on any atom is 0.253 e. The van der Waals surface area contributed by atoms with Crippen LogP contribution in [0.3, 0.4) is 0 Å². The molecule has 7 heteroatoms. The van der Waals surface area contributed by atoms with E-state index >= 15 is 0 Å². The first kappa shape index (κ1) is 38.8. The maximum absolute atomic E-state index is 11.9. The fourth-order valence-electron chi connectivity index (χ4n) is 5.66. The third-order valence-corrected chi connectivity index (χ3v) is 8.37. The van der Waals surface area contributed by atoms with E-state index in [2.05, 4.69) is 103 Å². The predicted molar refractivity (Wildman–Crippen MR) is 200 cm³/mol. The summed E-state index contributed by atoms with van der Waals surface area (Å²) in [6, 6.07) is 17.2. The molecule has 252 valence electrons. The van der Waals surface area contributed by atoms with Crippen LogP contribution in [0.4, 0.5) is 5.69 Å². The van der Waals surface area contributed by atoms with Crippen LogP contribution < -0.4 is 10.6 Å². The van der Waals surface area contributed by atoms with Gasteiger partial charge in [0.2, 0.25) is 0 Å². The van der Waals surface area contributed by atoms with Crippen molar-refractivity contribution in [2.24, 2.45) is 0 Å². The first-order valence-corrected chi connectivity index (χ1v) is 16.8. The van der Waals surface area contributed by atoms with Gasteiger partial charge in [-0.1, -0.05) is 67.1 Å². The highest BCUT2D eigenvalue weighted by molar-refractivity contribution is 5.96. The van der Waals surface area contributed by atoms with Crippen molar-refractivity contribution in [2.45, 2.75) is 78.7 Å². The molecule has 0 fully saturated rings. The second-order valence-electron chi connectivity index (χ2n) is 11.9. The first-order chi connectivity index (χ1) is 22.8. The van der Waals surface area contributed by atoms with Gasteiger partial charge in [0.05, 0.1) is 23.0 Å². The number of aryl methyl sites for hydroxylation is 3. The highest BCUT2D eigenvalue weighted by Gasteiger charge is 2.25. The maximum atomic E-state index is 11.9.